The number of aliphatic hydroxyl groups is 1. The summed E-state index contributed by atoms with van der Waals surface area (Å²) in [4.78, 5) is 22.7. The van der Waals surface area contributed by atoms with Crippen LogP contribution < -0.4 is 44.5 Å². The first kappa shape index (κ1) is 57.0. The number of pyridine rings is 3. The normalized spacial score (nSPS) is 19.7. The van der Waals surface area contributed by atoms with Crippen LogP contribution in [-0.4, -0.2) is 80.3 Å². The van der Waals surface area contributed by atoms with E-state index >= 15 is 0 Å². The van der Waals surface area contributed by atoms with Gasteiger partial charge >= 0.3 is 49.0 Å². The average Bonchev–Trinajstić information content (AvgIpc) is 4.00. The van der Waals surface area contributed by atoms with Gasteiger partial charge in [-0.3, -0.25) is 0 Å². The standard InChI is InChI=1S/C16H21BF3NO3.C10H9BrF3NO.C5H3BrFN.C5H10O.C4H6O.CH3I.Na.H/c1-14(2)15(3,4)24-17(23-14)11-7-8-12(21-9-11)22-13(10-5-6-10)16(18,19)20;11-7-3-4-8(15-5-7)16-9(6-1-2-6)10(12,13)14;6-4-1-2-5(7)8-3-4;1-4(6)5-2-3-5;5-3-4-1-2-4;1-2;;/h7-10,13H,5-6H2,1-4H3;3-6,9H,1-2H2;1-3H;4-6H,2-3H2,1H3;3-4H,1-2H2;1H3;;/q;;;;;;+1;-1. The molecule has 1 saturated heterocycles. The van der Waals surface area contributed by atoms with Gasteiger partial charge in [0.1, 0.15) is 6.29 Å². The number of carbonyl (C=O) groups excluding carboxylic acids is 1. The minimum Gasteiger partial charge on any atom is -1.00 e. The van der Waals surface area contributed by atoms with Gasteiger partial charge in [-0.15, -0.1) is 0 Å². The Labute approximate surface area is 413 Å². The number of carbonyl (C=O) groups is 1. The zero-order chi connectivity index (χ0) is 45.8. The number of alkyl halides is 7. The van der Waals surface area contributed by atoms with Crippen LogP contribution in [0.1, 0.15) is 87.4 Å². The number of hydrogen-bond donors (Lipinski definition) is 1. The van der Waals surface area contributed by atoms with Crippen LogP contribution in [0.3, 0.4) is 0 Å². The molecule has 4 aliphatic carbocycles. The maximum atomic E-state index is 13.0. The Morgan fingerprint density at radius 3 is 1.39 bits per heavy atom. The number of rotatable bonds is 9. The van der Waals surface area contributed by atoms with E-state index in [1.165, 1.54) is 49.6 Å². The molecule has 4 heterocycles. The Morgan fingerprint density at radius 2 is 1.15 bits per heavy atom. The fourth-order valence-electron chi connectivity index (χ4n) is 5.10. The van der Waals surface area contributed by atoms with Crippen LogP contribution in [-0.2, 0) is 14.1 Å². The molecule has 21 heteroatoms. The summed E-state index contributed by atoms with van der Waals surface area (Å²) in [6.45, 7) is 9.59. The second-order valence-corrected chi connectivity index (χ2v) is 17.8. The molecule has 0 spiro atoms. The zero-order valence-electron chi connectivity index (χ0n) is 36.7. The zero-order valence-corrected chi connectivity index (χ0v) is 43.0. The van der Waals surface area contributed by atoms with Crippen LogP contribution in [0, 0.1) is 29.6 Å². The summed E-state index contributed by atoms with van der Waals surface area (Å²) < 4.78 is 112. The van der Waals surface area contributed by atoms with Crippen molar-refractivity contribution in [3.05, 3.63) is 69.9 Å². The van der Waals surface area contributed by atoms with E-state index in [4.69, 9.17) is 23.9 Å². The Balaban J connectivity index is 0.000000435. The van der Waals surface area contributed by atoms with Gasteiger partial charge in [0.2, 0.25) is 17.7 Å². The van der Waals surface area contributed by atoms with E-state index in [-0.39, 0.29) is 48.8 Å². The molecule has 0 aromatic carbocycles. The van der Waals surface area contributed by atoms with E-state index in [1.54, 1.807) is 18.2 Å². The van der Waals surface area contributed by atoms with Crippen molar-refractivity contribution < 1.29 is 90.4 Å². The Morgan fingerprint density at radius 1 is 0.742 bits per heavy atom. The van der Waals surface area contributed by atoms with E-state index in [0.717, 1.165) is 23.6 Å². The maximum Gasteiger partial charge on any atom is 1.00 e. The molecule has 0 bridgehead atoms. The second kappa shape index (κ2) is 25.7. The third-order valence-corrected chi connectivity index (χ3v) is 11.0. The van der Waals surface area contributed by atoms with Gasteiger partial charge in [-0.1, -0.05) is 28.7 Å². The number of halogens is 10. The van der Waals surface area contributed by atoms with E-state index in [2.05, 4.69) is 69.4 Å². The van der Waals surface area contributed by atoms with Crippen molar-refractivity contribution in [2.75, 3.05) is 4.93 Å². The van der Waals surface area contributed by atoms with E-state index in [9.17, 15) is 35.5 Å². The minimum atomic E-state index is -4.38. The number of aldehydes is 1. The molecule has 4 saturated carbocycles. The van der Waals surface area contributed by atoms with Gasteiger partial charge in [0.15, 0.2) is 12.2 Å². The summed E-state index contributed by atoms with van der Waals surface area (Å²) in [7, 11) is -0.599. The molecule has 62 heavy (non-hydrogen) atoms. The van der Waals surface area contributed by atoms with Crippen molar-refractivity contribution in [3.63, 3.8) is 0 Å². The number of nitrogens with zero attached hydrogens (tertiary/aromatic N) is 3. The molecule has 1 aliphatic heterocycles. The van der Waals surface area contributed by atoms with Crippen molar-refractivity contribution in [3.8, 4) is 11.8 Å². The van der Waals surface area contributed by atoms with E-state index in [0.29, 0.717) is 47.5 Å². The van der Waals surface area contributed by atoms with Crippen molar-refractivity contribution in [1.82, 2.24) is 15.0 Å². The molecule has 342 valence electrons. The summed E-state index contributed by atoms with van der Waals surface area (Å²) in [6.07, 6.45) is 0.0427. The molecule has 5 aliphatic rings. The molecule has 3 aromatic rings. The first-order chi connectivity index (χ1) is 28.5. The van der Waals surface area contributed by atoms with Crippen LogP contribution in [0.25, 0.3) is 0 Å². The van der Waals surface area contributed by atoms with Crippen molar-refractivity contribution in [2.24, 2.45) is 23.7 Å². The van der Waals surface area contributed by atoms with E-state index in [1.807, 2.05) is 39.5 Å². The maximum absolute atomic E-state index is 13.0. The predicted molar refractivity (Wildman–Crippen MR) is 234 cm³/mol. The molecule has 0 amide bonds. The number of aromatic nitrogens is 3. The third kappa shape index (κ3) is 20.6. The summed E-state index contributed by atoms with van der Waals surface area (Å²) in [5, 5.41) is 8.69. The number of aliphatic hydroxyl groups excluding tert-OH is 1. The smallest absolute Gasteiger partial charge is 1.00 e. The summed E-state index contributed by atoms with van der Waals surface area (Å²) in [5.74, 6) is -0.241. The fourth-order valence-corrected chi connectivity index (χ4v) is 5.57. The predicted octanol–water partition coefficient (Wildman–Crippen LogP) is 8.19. The first-order valence-corrected chi connectivity index (χ1v) is 23.4. The van der Waals surface area contributed by atoms with Crippen LogP contribution in [0.5, 0.6) is 11.8 Å². The Bertz CT molecular complexity index is 1730. The second-order valence-electron chi connectivity index (χ2n) is 16.0. The molecule has 8 rings (SSSR count). The molecule has 9 nitrogen and oxygen atoms in total. The summed E-state index contributed by atoms with van der Waals surface area (Å²) in [5.41, 5.74) is -0.323. The van der Waals surface area contributed by atoms with Gasteiger partial charge < -0.3 is 30.1 Å². The van der Waals surface area contributed by atoms with Crippen LogP contribution >= 0.6 is 54.5 Å². The monoisotopic (exact) mass is 1140 g/mol. The first-order valence-electron chi connectivity index (χ1n) is 19.7. The fraction of sp³-hybridized carbons (Fsp3) is 0.610. The van der Waals surface area contributed by atoms with Crippen LogP contribution in [0.2, 0.25) is 0 Å². The number of hydrogen-bond acceptors (Lipinski definition) is 9. The average molecular weight is 1140 g/mol. The quantitative estimate of drug-likeness (QED) is 0.0567. The Kier molecular flexibility index (Phi) is 23.6. The number of ether oxygens (including phenoxy) is 2. The minimum absolute atomic E-state index is 0. The van der Waals surface area contributed by atoms with Crippen LogP contribution in [0.15, 0.2) is 63.9 Å². The van der Waals surface area contributed by atoms with Gasteiger partial charge in [0.05, 0.1) is 17.3 Å². The molecule has 5 fully saturated rings. The van der Waals surface area contributed by atoms with Crippen molar-refractivity contribution >= 4 is 73.3 Å². The molecular weight excluding hydrogens is 1080 g/mol. The Hall–Kier alpha value is -1.14. The van der Waals surface area contributed by atoms with Gasteiger partial charge in [0.25, 0.3) is 0 Å². The SMILES string of the molecule is CC(O)C1CC1.CC1(C)OB(c2ccc(OC(C3CC3)C(F)(F)F)nc2)OC1(C)C.CI.FC(F)(F)C(Oc1ccc(Br)cn1)C1CC1.Fc1ccc(Br)cn1.O=CC1CC1.[H-].[Na+]. The van der Waals surface area contributed by atoms with E-state index < -0.39 is 60.7 Å². The molecule has 3 atom stereocenters. The van der Waals surface area contributed by atoms with Gasteiger partial charge in [-0.2, -0.15) is 30.7 Å². The molecule has 0 radical (unpaired) electrons. The van der Waals surface area contributed by atoms with Crippen LogP contribution in [0.4, 0.5) is 30.7 Å². The molecule has 3 unspecified atom stereocenters. The third-order valence-electron chi connectivity index (χ3n) is 10.0. The molecule has 1 N–H and O–H groups in total. The van der Waals surface area contributed by atoms with Crippen molar-refractivity contribution in [2.45, 2.75) is 128 Å². The van der Waals surface area contributed by atoms with Gasteiger partial charge in [0, 0.05) is 56.8 Å². The van der Waals surface area contributed by atoms with Crippen molar-refractivity contribution in [1.29, 1.82) is 0 Å². The molecular formula is C41H53BBr2F7IN3NaO6. The molecule has 3 aromatic heterocycles. The van der Waals surface area contributed by atoms with Gasteiger partial charge in [-0.25, -0.2) is 15.0 Å². The topological polar surface area (TPSA) is 113 Å². The van der Waals surface area contributed by atoms with Gasteiger partial charge in [-0.05, 0) is 153 Å². The largest absolute Gasteiger partial charge is 1.00 e. The summed E-state index contributed by atoms with van der Waals surface area (Å²) in [6, 6.07) is 8.98. The summed E-state index contributed by atoms with van der Waals surface area (Å²) >= 11 is 8.42.